The Morgan fingerprint density at radius 2 is 2.19 bits per heavy atom. The zero-order chi connectivity index (χ0) is 14.5. The predicted molar refractivity (Wildman–Crippen MR) is 81.9 cm³/mol. The normalized spacial score (nSPS) is 17.2. The summed E-state index contributed by atoms with van der Waals surface area (Å²) >= 11 is 0. The fraction of sp³-hybridized carbons (Fsp3) is 0.412. The van der Waals surface area contributed by atoms with Gasteiger partial charge in [-0.1, -0.05) is 30.3 Å². The summed E-state index contributed by atoms with van der Waals surface area (Å²) in [6.07, 6.45) is 6.32. The van der Waals surface area contributed by atoms with Gasteiger partial charge >= 0.3 is 0 Å². The van der Waals surface area contributed by atoms with Crippen LogP contribution in [-0.2, 0) is 24.1 Å². The molecule has 0 spiro atoms. The molecule has 0 saturated heterocycles. The van der Waals surface area contributed by atoms with Gasteiger partial charge in [-0.2, -0.15) is 0 Å². The Kier molecular flexibility index (Phi) is 4.34. The SMILES string of the molecule is O=C(NCCCc1ccccc1)C1CCc2nc[nH]c2C1. The van der Waals surface area contributed by atoms with Gasteiger partial charge in [0.15, 0.2) is 0 Å². The summed E-state index contributed by atoms with van der Waals surface area (Å²) < 4.78 is 0. The highest BCUT2D eigenvalue weighted by Crippen LogP contribution is 2.22. The quantitative estimate of drug-likeness (QED) is 0.827. The Morgan fingerprint density at radius 3 is 3.05 bits per heavy atom. The Bertz CT molecular complexity index is 591. The van der Waals surface area contributed by atoms with Gasteiger partial charge in [0.2, 0.25) is 5.91 Å². The Hall–Kier alpha value is -2.10. The largest absolute Gasteiger partial charge is 0.356 e. The molecule has 1 amide bonds. The average Bonchev–Trinajstić information content (AvgIpc) is 3.00. The molecule has 0 bridgehead atoms. The van der Waals surface area contributed by atoms with Crippen LogP contribution in [-0.4, -0.2) is 22.4 Å². The lowest BCUT2D eigenvalue weighted by Crippen LogP contribution is -2.34. The smallest absolute Gasteiger partial charge is 0.223 e. The van der Waals surface area contributed by atoms with Crippen LogP contribution in [0.3, 0.4) is 0 Å². The summed E-state index contributed by atoms with van der Waals surface area (Å²) in [5.41, 5.74) is 3.58. The van der Waals surface area contributed by atoms with Crippen molar-refractivity contribution >= 4 is 5.91 Å². The highest BCUT2D eigenvalue weighted by Gasteiger charge is 2.25. The summed E-state index contributed by atoms with van der Waals surface area (Å²) in [6.45, 7) is 0.750. The summed E-state index contributed by atoms with van der Waals surface area (Å²) in [4.78, 5) is 19.6. The van der Waals surface area contributed by atoms with E-state index in [1.807, 2.05) is 6.07 Å². The number of aromatic nitrogens is 2. The number of fused-ring (bicyclic) bond motifs is 1. The zero-order valence-corrected chi connectivity index (χ0v) is 12.1. The van der Waals surface area contributed by atoms with E-state index in [0.29, 0.717) is 0 Å². The molecule has 1 atom stereocenters. The van der Waals surface area contributed by atoms with Crippen molar-refractivity contribution in [3.63, 3.8) is 0 Å². The van der Waals surface area contributed by atoms with Gasteiger partial charge < -0.3 is 10.3 Å². The van der Waals surface area contributed by atoms with Gasteiger partial charge in [-0.25, -0.2) is 4.98 Å². The minimum atomic E-state index is 0.0923. The number of H-pyrrole nitrogens is 1. The van der Waals surface area contributed by atoms with E-state index in [2.05, 4.69) is 39.6 Å². The number of rotatable bonds is 5. The lowest BCUT2D eigenvalue weighted by Gasteiger charge is -2.20. The lowest BCUT2D eigenvalue weighted by molar-refractivity contribution is -0.125. The summed E-state index contributed by atoms with van der Waals surface area (Å²) in [5.74, 6) is 0.276. The van der Waals surface area contributed by atoms with Crippen molar-refractivity contribution in [2.24, 2.45) is 5.92 Å². The molecule has 1 aromatic heterocycles. The van der Waals surface area contributed by atoms with E-state index in [0.717, 1.165) is 50.0 Å². The van der Waals surface area contributed by atoms with Gasteiger partial charge in [-0.15, -0.1) is 0 Å². The maximum Gasteiger partial charge on any atom is 0.223 e. The maximum atomic E-state index is 12.2. The molecule has 3 rings (SSSR count). The second-order valence-corrected chi connectivity index (χ2v) is 5.65. The molecule has 110 valence electrons. The fourth-order valence-corrected chi connectivity index (χ4v) is 2.92. The van der Waals surface area contributed by atoms with Crippen LogP contribution in [0.25, 0.3) is 0 Å². The predicted octanol–water partition coefficient (Wildman–Crippen LogP) is 2.26. The Morgan fingerprint density at radius 1 is 1.33 bits per heavy atom. The van der Waals surface area contributed by atoms with Crippen LogP contribution in [0.1, 0.15) is 29.8 Å². The van der Waals surface area contributed by atoms with Crippen molar-refractivity contribution in [3.8, 4) is 0 Å². The van der Waals surface area contributed by atoms with Crippen molar-refractivity contribution in [2.45, 2.75) is 32.1 Å². The van der Waals surface area contributed by atoms with Gasteiger partial charge in [0, 0.05) is 24.6 Å². The van der Waals surface area contributed by atoms with E-state index in [9.17, 15) is 4.79 Å². The van der Waals surface area contributed by atoms with Gasteiger partial charge in [0.1, 0.15) is 0 Å². The van der Waals surface area contributed by atoms with Crippen molar-refractivity contribution in [2.75, 3.05) is 6.54 Å². The van der Waals surface area contributed by atoms with Gasteiger partial charge in [0.25, 0.3) is 0 Å². The number of imidazole rings is 1. The molecule has 0 saturated carbocycles. The van der Waals surface area contributed by atoms with Crippen LogP contribution in [0.15, 0.2) is 36.7 Å². The van der Waals surface area contributed by atoms with Crippen LogP contribution < -0.4 is 5.32 Å². The first-order valence-electron chi connectivity index (χ1n) is 7.65. The molecule has 4 heteroatoms. The molecule has 4 nitrogen and oxygen atoms in total. The van der Waals surface area contributed by atoms with Crippen LogP contribution in [0, 0.1) is 5.92 Å². The number of nitrogens with one attached hydrogen (secondary N) is 2. The van der Waals surface area contributed by atoms with E-state index in [4.69, 9.17) is 0 Å². The molecule has 1 unspecified atom stereocenters. The molecule has 21 heavy (non-hydrogen) atoms. The van der Waals surface area contributed by atoms with E-state index in [-0.39, 0.29) is 11.8 Å². The number of hydrogen-bond acceptors (Lipinski definition) is 2. The van der Waals surface area contributed by atoms with Crippen LogP contribution in [0.4, 0.5) is 0 Å². The van der Waals surface area contributed by atoms with Crippen LogP contribution >= 0.6 is 0 Å². The molecule has 2 aromatic rings. The monoisotopic (exact) mass is 283 g/mol. The number of aryl methyl sites for hydroxylation is 2. The standard InChI is InChI=1S/C17H21N3O/c21-17(14-8-9-15-16(11-14)20-12-19-15)18-10-4-7-13-5-2-1-3-6-13/h1-3,5-6,12,14H,4,7-11H2,(H,18,21)(H,19,20). The third-order valence-corrected chi connectivity index (χ3v) is 4.14. The first-order chi connectivity index (χ1) is 10.3. The minimum Gasteiger partial charge on any atom is -0.356 e. The molecule has 1 aliphatic carbocycles. The van der Waals surface area contributed by atoms with E-state index in [1.54, 1.807) is 6.33 Å². The lowest BCUT2D eigenvalue weighted by atomic mass is 9.89. The molecule has 0 aliphatic heterocycles. The van der Waals surface area contributed by atoms with Gasteiger partial charge in [-0.05, 0) is 31.2 Å². The van der Waals surface area contributed by atoms with Crippen molar-refractivity contribution in [1.29, 1.82) is 0 Å². The number of nitrogens with zero attached hydrogens (tertiary/aromatic N) is 1. The first-order valence-corrected chi connectivity index (χ1v) is 7.65. The molecule has 1 aromatic carbocycles. The van der Waals surface area contributed by atoms with E-state index >= 15 is 0 Å². The fourth-order valence-electron chi connectivity index (χ4n) is 2.92. The zero-order valence-electron chi connectivity index (χ0n) is 12.1. The van der Waals surface area contributed by atoms with Crippen molar-refractivity contribution in [1.82, 2.24) is 15.3 Å². The van der Waals surface area contributed by atoms with Crippen molar-refractivity contribution < 1.29 is 4.79 Å². The molecular weight excluding hydrogens is 262 g/mol. The average molecular weight is 283 g/mol. The van der Waals surface area contributed by atoms with Crippen LogP contribution in [0.2, 0.25) is 0 Å². The highest BCUT2D eigenvalue weighted by molar-refractivity contribution is 5.79. The third-order valence-electron chi connectivity index (χ3n) is 4.14. The molecule has 0 fully saturated rings. The molecule has 1 aliphatic rings. The summed E-state index contributed by atoms with van der Waals surface area (Å²) in [5, 5.41) is 3.07. The topological polar surface area (TPSA) is 57.8 Å². The summed E-state index contributed by atoms with van der Waals surface area (Å²) in [7, 11) is 0. The number of hydrogen-bond donors (Lipinski definition) is 2. The molecule has 0 radical (unpaired) electrons. The molecule has 1 heterocycles. The second kappa shape index (κ2) is 6.57. The number of carbonyl (C=O) groups is 1. The minimum absolute atomic E-state index is 0.0923. The Labute approximate surface area is 125 Å². The number of aromatic amines is 1. The van der Waals surface area contributed by atoms with Gasteiger partial charge in [0.05, 0.1) is 12.0 Å². The second-order valence-electron chi connectivity index (χ2n) is 5.65. The first kappa shape index (κ1) is 13.9. The number of amides is 1. The van der Waals surface area contributed by atoms with E-state index < -0.39 is 0 Å². The van der Waals surface area contributed by atoms with Crippen LogP contribution in [0.5, 0.6) is 0 Å². The highest BCUT2D eigenvalue weighted by atomic mass is 16.1. The molecule has 2 N–H and O–H groups in total. The number of carbonyl (C=O) groups excluding carboxylic acids is 1. The van der Waals surface area contributed by atoms with Gasteiger partial charge in [-0.3, -0.25) is 4.79 Å². The van der Waals surface area contributed by atoms with Crippen molar-refractivity contribution in [3.05, 3.63) is 53.6 Å². The maximum absolute atomic E-state index is 12.2. The van der Waals surface area contributed by atoms with E-state index in [1.165, 1.54) is 5.56 Å². The molecular formula is C17H21N3O. The Balaban J connectivity index is 1.41. The third kappa shape index (κ3) is 3.51. The summed E-state index contributed by atoms with van der Waals surface area (Å²) in [6, 6.07) is 10.4. The number of benzene rings is 1.